The number of aromatic nitrogens is 1. The lowest BCUT2D eigenvalue weighted by Gasteiger charge is -2.18. The number of nitrogens with zero attached hydrogens (tertiary/aromatic N) is 2. The molecule has 1 aliphatic rings. The second-order valence-electron chi connectivity index (χ2n) is 7.48. The van der Waals surface area contributed by atoms with Crippen molar-refractivity contribution in [2.24, 2.45) is 0 Å². The maximum atomic E-state index is 12.8. The SMILES string of the molecule is CCN(CC)CCn1ccc2cc(NC(=O)c3ccc4c(c3)OCCCO4)ccc21. The number of carbonyl (C=O) groups is 1. The fourth-order valence-electron chi connectivity index (χ4n) is 3.77. The third kappa shape index (κ3) is 4.44. The highest BCUT2D eigenvalue weighted by molar-refractivity contribution is 6.05. The summed E-state index contributed by atoms with van der Waals surface area (Å²) in [5.74, 6) is 1.16. The molecule has 0 saturated carbocycles. The van der Waals surface area contributed by atoms with Gasteiger partial charge in [-0.1, -0.05) is 13.8 Å². The van der Waals surface area contributed by atoms with Crippen molar-refractivity contribution >= 4 is 22.5 Å². The zero-order valence-electron chi connectivity index (χ0n) is 17.7. The van der Waals surface area contributed by atoms with Crippen molar-refractivity contribution in [3.63, 3.8) is 0 Å². The van der Waals surface area contributed by atoms with Crippen molar-refractivity contribution < 1.29 is 14.3 Å². The standard InChI is InChI=1S/C24H29N3O3/c1-3-26(4-2)12-13-27-11-10-18-16-20(7-8-21(18)27)25-24(28)19-6-9-22-23(17-19)30-15-5-14-29-22/h6-11,16-17H,3-5,12-15H2,1-2H3,(H,25,28). The summed E-state index contributed by atoms with van der Waals surface area (Å²) in [6.07, 6.45) is 2.95. The molecule has 1 N–H and O–H groups in total. The van der Waals surface area contributed by atoms with Gasteiger partial charge in [-0.15, -0.1) is 0 Å². The topological polar surface area (TPSA) is 55.7 Å². The summed E-state index contributed by atoms with van der Waals surface area (Å²) in [5.41, 5.74) is 2.51. The molecule has 0 aliphatic carbocycles. The van der Waals surface area contributed by atoms with Gasteiger partial charge in [0, 0.05) is 47.9 Å². The number of fused-ring (bicyclic) bond motifs is 2. The van der Waals surface area contributed by atoms with E-state index in [1.807, 2.05) is 12.1 Å². The zero-order valence-corrected chi connectivity index (χ0v) is 17.7. The van der Waals surface area contributed by atoms with E-state index in [4.69, 9.17) is 9.47 Å². The number of ether oxygens (including phenoxy) is 2. The van der Waals surface area contributed by atoms with Crippen molar-refractivity contribution in [2.45, 2.75) is 26.8 Å². The van der Waals surface area contributed by atoms with E-state index in [0.717, 1.165) is 43.7 Å². The maximum Gasteiger partial charge on any atom is 0.255 e. The molecule has 2 aromatic carbocycles. The van der Waals surface area contributed by atoms with Crippen LogP contribution in [0.15, 0.2) is 48.7 Å². The molecule has 30 heavy (non-hydrogen) atoms. The Bertz CT molecular complexity index is 1020. The molecular formula is C24H29N3O3. The number of benzene rings is 2. The van der Waals surface area contributed by atoms with Crippen molar-refractivity contribution in [1.29, 1.82) is 0 Å². The molecule has 0 radical (unpaired) electrons. The van der Waals surface area contributed by atoms with Crippen LogP contribution in [0.2, 0.25) is 0 Å². The predicted octanol–water partition coefficient (Wildman–Crippen LogP) is 4.40. The molecule has 0 saturated heterocycles. The molecule has 158 valence electrons. The number of likely N-dealkylation sites (N-methyl/N-ethyl adjacent to an activating group) is 1. The fourth-order valence-corrected chi connectivity index (χ4v) is 3.77. The van der Waals surface area contributed by atoms with E-state index in [9.17, 15) is 4.79 Å². The number of hydrogen-bond acceptors (Lipinski definition) is 4. The molecule has 0 unspecified atom stereocenters. The van der Waals surface area contributed by atoms with Gasteiger partial charge in [0.25, 0.3) is 5.91 Å². The predicted molar refractivity (Wildman–Crippen MR) is 120 cm³/mol. The van der Waals surface area contributed by atoms with Crippen LogP contribution in [0.4, 0.5) is 5.69 Å². The van der Waals surface area contributed by atoms with Crippen LogP contribution in [0.25, 0.3) is 10.9 Å². The Balaban J connectivity index is 1.46. The minimum atomic E-state index is -0.161. The van der Waals surface area contributed by atoms with E-state index >= 15 is 0 Å². The van der Waals surface area contributed by atoms with Crippen molar-refractivity contribution in [1.82, 2.24) is 9.47 Å². The molecule has 6 heteroatoms. The first-order valence-corrected chi connectivity index (χ1v) is 10.7. The average Bonchev–Trinajstić information content (AvgIpc) is 3.01. The minimum Gasteiger partial charge on any atom is -0.490 e. The highest BCUT2D eigenvalue weighted by atomic mass is 16.5. The summed E-state index contributed by atoms with van der Waals surface area (Å²) < 4.78 is 13.6. The fraction of sp³-hybridized carbons (Fsp3) is 0.375. The van der Waals surface area contributed by atoms with Crippen LogP contribution in [0.5, 0.6) is 11.5 Å². The lowest BCUT2D eigenvalue weighted by molar-refractivity contribution is 0.102. The van der Waals surface area contributed by atoms with Crippen LogP contribution in [0, 0.1) is 0 Å². The molecule has 3 aromatic rings. The van der Waals surface area contributed by atoms with Crippen LogP contribution < -0.4 is 14.8 Å². The third-order valence-corrected chi connectivity index (χ3v) is 5.59. The molecule has 6 nitrogen and oxygen atoms in total. The normalized spacial score (nSPS) is 13.4. The Morgan fingerprint density at radius 3 is 2.63 bits per heavy atom. The van der Waals surface area contributed by atoms with E-state index in [1.54, 1.807) is 18.2 Å². The maximum absolute atomic E-state index is 12.8. The monoisotopic (exact) mass is 407 g/mol. The number of hydrogen-bond donors (Lipinski definition) is 1. The van der Waals surface area contributed by atoms with Crippen molar-refractivity contribution in [3.8, 4) is 11.5 Å². The molecule has 1 aromatic heterocycles. The number of carbonyl (C=O) groups excluding carboxylic acids is 1. The van der Waals surface area contributed by atoms with E-state index in [-0.39, 0.29) is 5.91 Å². The van der Waals surface area contributed by atoms with Crippen molar-refractivity contribution in [3.05, 3.63) is 54.2 Å². The van der Waals surface area contributed by atoms with Crippen LogP contribution in [0.3, 0.4) is 0 Å². The summed E-state index contributed by atoms with van der Waals surface area (Å²) in [6, 6.07) is 13.5. The van der Waals surface area contributed by atoms with Gasteiger partial charge in [-0.3, -0.25) is 4.79 Å². The van der Waals surface area contributed by atoms with Crippen LogP contribution in [-0.2, 0) is 6.54 Å². The Morgan fingerprint density at radius 2 is 1.83 bits per heavy atom. The van der Waals surface area contributed by atoms with Gasteiger partial charge in [-0.05, 0) is 55.6 Å². The van der Waals surface area contributed by atoms with Crippen LogP contribution >= 0.6 is 0 Å². The second-order valence-corrected chi connectivity index (χ2v) is 7.48. The average molecular weight is 408 g/mol. The van der Waals surface area contributed by atoms with Gasteiger partial charge in [0.15, 0.2) is 11.5 Å². The minimum absolute atomic E-state index is 0.161. The van der Waals surface area contributed by atoms with E-state index in [2.05, 4.69) is 47.0 Å². The van der Waals surface area contributed by atoms with Gasteiger partial charge < -0.3 is 24.3 Å². The van der Waals surface area contributed by atoms with E-state index in [0.29, 0.717) is 30.3 Å². The van der Waals surface area contributed by atoms with Gasteiger partial charge in [-0.2, -0.15) is 0 Å². The zero-order chi connectivity index (χ0) is 20.9. The Morgan fingerprint density at radius 1 is 1.03 bits per heavy atom. The Hall–Kier alpha value is -2.99. The van der Waals surface area contributed by atoms with E-state index < -0.39 is 0 Å². The molecule has 0 atom stereocenters. The van der Waals surface area contributed by atoms with Crippen LogP contribution in [-0.4, -0.2) is 48.2 Å². The van der Waals surface area contributed by atoms with Gasteiger partial charge in [0.1, 0.15) is 0 Å². The molecule has 1 amide bonds. The quantitative estimate of drug-likeness (QED) is 0.631. The first-order valence-electron chi connectivity index (χ1n) is 10.7. The molecule has 1 aliphatic heterocycles. The number of amides is 1. The summed E-state index contributed by atoms with van der Waals surface area (Å²) in [4.78, 5) is 15.2. The molecule has 0 fully saturated rings. The molecular weight excluding hydrogens is 378 g/mol. The van der Waals surface area contributed by atoms with Gasteiger partial charge in [0.2, 0.25) is 0 Å². The number of anilines is 1. The molecule has 2 heterocycles. The third-order valence-electron chi connectivity index (χ3n) is 5.59. The highest BCUT2D eigenvalue weighted by Gasteiger charge is 2.14. The lowest BCUT2D eigenvalue weighted by atomic mass is 10.1. The smallest absolute Gasteiger partial charge is 0.255 e. The first kappa shape index (κ1) is 20.3. The van der Waals surface area contributed by atoms with Crippen LogP contribution in [0.1, 0.15) is 30.6 Å². The number of nitrogens with one attached hydrogen (secondary N) is 1. The lowest BCUT2D eigenvalue weighted by Crippen LogP contribution is -2.26. The summed E-state index contributed by atoms with van der Waals surface area (Å²) in [6.45, 7) is 9.71. The summed E-state index contributed by atoms with van der Waals surface area (Å²) in [5, 5.41) is 4.11. The number of rotatable bonds is 7. The first-order chi connectivity index (χ1) is 14.7. The van der Waals surface area contributed by atoms with Gasteiger partial charge in [0.05, 0.1) is 13.2 Å². The van der Waals surface area contributed by atoms with Gasteiger partial charge >= 0.3 is 0 Å². The molecule has 0 spiro atoms. The summed E-state index contributed by atoms with van der Waals surface area (Å²) >= 11 is 0. The molecule has 4 rings (SSSR count). The summed E-state index contributed by atoms with van der Waals surface area (Å²) in [7, 11) is 0. The largest absolute Gasteiger partial charge is 0.490 e. The van der Waals surface area contributed by atoms with E-state index in [1.165, 1.54) is 5.52 Å². The highest BCUT2D eigenvalue weighted by Crippen LogP contribution is 2.31. The second kappa shape index (κ2) is 9.22. The Kier molecular flexibility index (Phi) is 6.23. The van der Waals surface area contributed by atoms with Crippen molar-refractivity contribution in [2.75, 3.05) is 38.2 Å². The van der Waals surface area contributed by atoms with Gasteiger partial charge in [-0.25, -0.2) is 0 Å². The molecule has 0 bridgehead atoms. The Labute approximate surface area is 177 Å².